The maximum absolute atomic E-state index is 5.08. The van der Waals surface area contributed by atoms with Crippen LogP contribution >= 0.6 is 0 Å². The molecular weight excluding hydrogens is 192 g/mol. The second kappa shape index (κ2) is 4.08. The summed E-state index contributed by atoms with van der Waals surface area (Å²) in [5, 5.41) is 11.3. The molecule has 0 saturated carbocycles. The van der Waals surface area contributed by atoms with Gasteiger partial charge in [-0.2, -0.15) is 0 Å². The summed E-state index contributed by atoms with van der Waals surface area (Å²) in [4.78, 5) is 0. The molecule has 1 aromatic carbocycles. The van der Waals surface area contributed by atoms with Crippen LogP contribution in [0, 0.1) is 6.92 Å². The van der Waals surface area contributed by atoms with Gasteiger partial charge in [-0.25, -0.2) is 4.68 Å². The highest BCUT2D eigenvalue weighted by Gasteiger charge is 2.01. The van der Waals surface area contributed by atoms with Crippen LogP contribution in [0.5, 0.6) is 5.75 Å². The number of nitrogens with zero attached hydrogens (tertiary/aromatic N) is 4. The van der Waals surface area contributed by atoms with Crippen molar-refractivity contribution in [3.63, 3.8) is 0 Å². The SMILES string of the molecule is COc1ccc(Cn2nnnc2C)cc1. The Balaban J connectivity index is 2.14. The first kappa shape index (κ1) is 9.64. The number of tetrazole rings is 1. The molecule has 5 heteroatoms. The van der Waals surface area contributed by atoms with Crippen molar-refractivity contribution in [2.75, 3.05) is 7.11 Å². The predicted octanol–water partition coefficient (Wildman–Crippen LogP) is 1.04. The maximum atomic E-state index is 5.08. The lowest BCUT2D eigenvalue weighted by molar-refractivity contribution is 0.414. The van der Waals surface area contributed by atoms with Crippen molar-refractivity contribution < 1.29 is 4.74 Å². The lowest BCUT2D eigenvalue weighted by atomic mass is 10.2. The first-order valence-corrected chi connectivity index (χ1v) is 4.65. The summed E-state index contributed by atoms with van der Waals surface area (Å²) in [6.45, 7) is 2.56. The van der Waals surface area contributed by atoms with Gasteiger partial charge >= 0.3 is 0 Å². The Kier molecular flexibility index (Phi) is 2.62. The van der Waals surface area contributed by atoms with Crippen LogP contribution in [0.1, 0.15) is 11.4 Å². The van der Waals surface area contributed by atoms with E-state index in [1.165, 1.54) is 0 Å². The fraction of sp³-hybridized carbons (Fsp3) is 0.300. The Hall–Kier alpha value is -1.91. The highest BCUT2D eigenvalue weighted by atomic mass is 16.5. The lowest BCUT2D eigenvalue weighted by Gasteiger charge is -2.03. The number of ether oxygens (including phenoxy) is 1. The second-order valence-corrected chi connectivity index (χ2v) is 3.23. The summed E-state index contributed by atoms with van der Waals surface area (Å²) < 4.78 is 6.83. The molecular formula is C10H12N4O. The van der Waals surface area contributed by atoms with Crippen molar-refractivity contribution >= 4 is 0 Å². The van der Waals surface area contributed by atoms with Crippen molar-refractivity contribution in [1.82, 2.24) is 20.2 Å². The minimum absolute atomic E-state index is 0.683. The third-order valence-corrected chi connectivity index (χ3v) is 2.20. The topological polar surface area (TPSA) is 52.8 Å². The first-order chi connectivity index (χ1) is 7.29. The monoisotopic (exact) mass is 204 g/mol. The van der Waals surface area contributed by atoms with Crippen molar-refractivity contribution in [3.8, 4) is 5.75 Å². The van der Waals surface area contributed by atoms with E-state index < -0.39 is 0 Å². The zero-order valence-electron chi connectivity index (χ0n) is 8.71. The van der Waals surface area contributed by atoms with Gasteiger partial charge in [0, 0.05) is 0 Å². The first-order valence-electron chi connectivity index (χ1n) is 4.65. The molecule has 0 amide bonds. The van der Waals surface area contributed by atoms with Crippen LogP contribution in [-0.2, 0) is 6.54 Å². The maximum Gasteiger partial charge on any atom is 0.148 e. The van der Waals surface area contributed by atoms with E-state index in [0.29, 0.717) is 6.54 Å². The third kappa shape index (κ3) is 2.12. The van der Waals surface area contributed by atoms with Gasteiger partial charge in [-0.05, 0) is 35.0 Å². The standard InChI is InChI=1S/C10H12N4O/c1-8-11-12-13-14(8)7-9-3-5-10(15-2)6-4-9/h3-6H,7H2,1-2H3. The van der Waals surface area contributed by atoms with E-state index in [9.17, 15) is 0 Å². The van der Waals surface area contributed by atoms with E-state index in [0.717, 1.165) is 17.1 Å². The predicted molar refractivity (Wildman–Crippen MR) is 54.7 cm³/mol. The van der Waals surface area contributed by atoms with Crippen molar-refractivity contribution in [2.24, 2.45) is 0 Å². The van der Waals surface area contributed by atoms with E-state index in [1.54, 1.807) is 11.8 Å². The summed E-state index contributed by atoms with van der Waals surface area (Å²) in [6.07, 6.45) is 0. The Bertz CT molecular complexity index is 435. The molecule has 0 bridgehead atoms. The molecule has 0 aliphatic rings. The van der Waals surface area contributed by atoms with Gasteiger partial charge < -0.3 is 4.74 Å². The molecule has 2 aromatic rings. The van der Waals surface area contributed by atoms with Crippen molar-refractivity contribution in [2.45, 2.75) is 13.5 Å². The quantitative estimate of drug-likeness (QED) is 0.749. The number of aromatic nitrogens is 4. The molecule has 78 valence electrons. The highest BCUT2D eigenvalue weighted by Crippen LogP contribution is 2.12. The Morgan fingerprint density at radius 2 is 2.00 bits per heavy atom. The van der Waals surface area contributed by atoms with Gasteiger partial charge in [-0.15, -0.1) is 5.10 Å². The third-order valence-electron chi connectivity index (χ3n) is 2.20. The molecule has 0 spiro atoms. The summed E-state index contributed by atoms with van der Waals surface area (Å²) in [5.74, 6) is 1.66. The fourth-order valence-corrected chi connectivity index (χ4v) is 1.30. The Labute approximate surface area is 87.7 Å². The second-order valence-electron chi connectivity index (χ2n) is 3.23. The van der Waals surface area contributed by atoms with E-state index in [4.69, 9.17) is 4.74 Å². The van der Waals surface area contributed by atoms with Crippen LogP contribution in [-0.4, -0.2) is 27.3 Å². The minimum atomic E-state index is 0.683. The van der Waals surface area contributed by atoms with E-state index in [-0.39, 0.29) is 0 Å². The van der Waals surface area contributed by atoms with Gasteiger partial charge in [0.15, 0.2) is 0 Å². The normalized spacial score (nSPS) is 10.3. The molecule has 0 atom stereocenters. The molecule has 1 aromatic heterocycles. The molecule has 2 rings (SSSR count). The summed E-state index contributed by atoms with van der Waals surface area (Å²) in [5.41, 5.74) is 1.14. The average molecular weight is 204 g/mol. The van der Waals surface area contributed by atoms with E-state index >= 15 is 0 Å². The van der Waals surface area contributed by atoms with Gasteiger partial charge in [-0.1, -0.05) is 12.1 Å². The van der Waals surface area contributed by atoms with Crippen molar-refractivity contribution in [3.05, 3.63) is 35.7 Å². The smallest absolute Gasteiger partial charge is 0.148 e. The molecule has 0 fully saturated rings. The summed E-state index contributed by atoms with van der Waals surface area (Å²) >= 11 is 0. The Morgan fingerprint density at radius 1 is 1.27 bits per heavy atom. The van der Waals surface area contributed by atoms with Crippen LogP contribution in [0.3, 0.4) is 0 Å². The van der Waals surface area contributed by atoms with Gasteiger partial charge in [-0.3, -0.25) is 0 Å². The average Bonchev–Trinajstić information content (AvgIpc) is 2.66. The van der Waals surface area contributed by atoms with Crippen LogP contribution in [0.2, 0.25) is 0 Å². The zero-order valence-corrected chi connectivity index (χ0v) is 8.71. The fourth-order valence-electron chi connectivity index (χ4n) is 1.30. The molecule has 0 aliphatic heterocycles. The molecule has 1 heterocycles. The molecule has 0 unspecified atom stereocenters. The van der Waals surface area contributed by atoms with Gasteiger partial charge in [0.1, 0.15) is 11.6 Å². The Morgan fingerprint density at radius 3 is 2.53 bits per heavy atom. The van der Waals surface area contributed by atoms with Crippen molar-refractivity contribution in [1.29, 1.82) is 0 Å². The molecule has 15 heavy (non-hydrogen) atoms. The largest absolute Gasteiger partial charge is 0.497 e. The van der Waals surface area contributed by atoms with Crippen LogP contribution < -0.4 is 4.74 Å². The van der Waals surface area contributed by atoms with Gasteiger partial charge in [0.25, 0.3) is 0 Å². The van der Waals surface area contributed by atoms with Gasteiger partial charge in [0.2, 0.25) is 0 Å². The van der Waals surface area contributed by atoms with E-state index in [2.05, 4.69) is 15.5 Å². The number of hydrogen-bond donors (Lipinski definition) is 0. The molecule has 5 nitrogen and oxygen atoms in total. The molecule has 0 aliphatic carbocycles. The number of hydrogen-bond acceptors (Lipinski definition) is 4. The summed E-state index contributed by atoms with van der Waals surface area (Å²) in [7, 11) is 1.65. The molecule has 0 saturated heterocycles. The number of aryl methyl sites for hydroxylation is 1. The number of methoxy groups -OCH3 is 1. The lowest BCUT2D eigenvalue weighted by Crippen LogP contribution is -2.04. The molecule has 0 radical (unpaired) electrons. The minimum Gasteiger partial charge on any atom is -0.497 e. The zero-order chi connectivity index (χ0) is 10.7. The van der Waals surface area contributed by atoms with Crippen LogP contribution in [0.15, 0.2) is 24.3 Å². The highest BCUT2D eigenvalue weighted by molar-refractivity contribution is 5.27. The summed E-state index contributed by atoms with van der Waals surface area (Å²) in [6, 6.07) is 7.85. The number of benzene rings is 1. The van der Waals surface area contributed by atoms with E-state index in [1.807, 2.05) is 31.2 Å². The van der Waals surface area contributed by atoms with Gasteiger partial charge in [0.05, 0.1) is 13.7 Å². The molecule has 0 N–H and O–H groups in total. The number of rotatable bonds is 3. The van der Waals surface area contributed by atoms with Crippen LogP contribution in [0.25, 0.3) is 0 Å². The van der Waals surface area contributed by atoms with Crippen LogP contribution in [0.4, 0.5) is 0 Å².